The molecule has 1 atom stereocenters. The maximum absolute atomic E-state index is 13.1. The van der Waals surface area contributed by atoms with E-state index in [0.717, 1.165) is 57.1 Å². The molecular weight excluding hydrogens is 398 g/mol. The fraction of sp³-hybridized carbons (Fsp3) is 0.636. The van der Waals surface area contributed by atoms with Crippen LogP contribution in [0.25, 0.3) is 0 Å². The van der Waals surface area contributed by atoms with E-state index in [1.54, 1.807) is 4.31 Å². The second kappa shape index (κ2) is 7.96. The average Bonchev–Trinajstić information content (AvgIpc) is 3.52. The highest BCUT2D eigenvalue weighted by Gasteiger charge is 2.34. The predicted molar refractivity (Wildman–Crippen MR) is 117 cm³/mol. The number of nitrogens with zero attached hydrogens (tertiary/aromatic N) is 3. The summed E-state index contributed by atoms with van der Waals surface area (Å²) in [4.78, 5) is 4.35. The van der Waals surface area contributed by atoms with Gasteiger partial charge in [0.05, 0.1) is 0 Å². The third-order valence-electron chi connectivity index (χ3n) is 6.97. The Morgan fingerprint density at radius 2 is 1.90 bits per heavy atom. The molecular formula is C22H31N5O2S. The molecule has 0 bridgehead atoms. The monoisotopic (exact) mass is 429 g/mol. The molecule has 7 nitrogen and oxygen atoms in total. The minimum absolute atomic E-state index is 0.0506. The predicted octanol–water partition coefficient (Wildman–Crippen LogP) is 3.73. The van der Waals surface area contributed by atoms with E-state index in [1.807, 2.05) is 0 Å². The van der Waals surface area contributed by atoms with Crippen LogP contribution in [0.5, 0.6) is 0 Å². The Bertz CT molecular complexity index is 1010. The molecule has 2 aromatic rings. The first-order chi connectivity index (χ1) is 14.6. The number of hydrogen-bond acceptors (Lipinski definition) is 5. The lowest BCUT2D eigenvalue weighted by molar-refractivity contribution is 0.436. The van der Waals surface area contributed by atoms with Crippen molar-refractivity contribution in [3.05, 3.63) is 28.3 Å². The first-order valence-electron chi connectivity index (χ1n) is 11.4. The number of fused-ring (bicyclic) bond motifs is 2. The Morgan fingerprint density at radius 1 is 1.17 bits per heavy atom. The van der Waals surface area contributed by atoms with Gasteiger partial charge in [-0.2, -0.15) is 9.29 Å². The molecule has 3 aliphatic rings. The van der Waals surface area contributed by atoms with Gasteiger partial charge in [-0.3, -0.25) is 0 Å². The number of aromatic nitrogens is 3. The van der Waals surface area contributed by atoms with E-state index in [0.29, 0.717) is 25.0 Å². The van der Waals surface area contributed by atoms with Gasteiger partial charge in [0.2, 0.25) is 5.95 Å². The molecule has 1 aliphatic heterocycles. The van der Waals surface area contributed by atoms with Crippen LogP contribution in [0.1, 0.15) is 67.7 Å². The molecule has 0 unspecified atom stereocenters. The third kappa shape index (κ3) is 3.54. The molecule has 2 aliphatic carbocycles. The zero-order chi connectivity index (χ0) is 20.7. The van der Waals surface area contributed by atoms with E-state index < -0.39 is 10.0 Å². The normalized spacial score (nSPS) is 21.2. The fourth-order valence-electron chi connectivity index (χ4n) is 5.36. The Labute approximate surface area is 178 Å². The molecule has 1 fully saturated rings. The quantitative estimate of drug-likeness (QED) is 0.700. The van der Waals surface area contributed by atoms with E-state index in [2.05, 4.69) is 33.5 Å². The van der Waals surface area contributed by atoms with Crippen LogP contribution in [0.3, 0.4) is 0 Å². The number of hydrogen-bond donors (Lipinski definition) is 2. The van der Waals surface area contributed by atoms with Crippen LogP contribution in [-0.2, 0) is 35.7 Å². The van der Waals surface area contributed by atoms with Crippen molar-refractivity contribution in [2.24, 2.45) is 5.92 Å². The number of sulfonamides is 1. The highest BCUT2D eigenvalue weighted by atomic mass is 32.2. The zero-order valence-electron chi connectivity index (χ0n) is 17.7. The molecule has 2 heterocycles. The van der Waals surface area contributed by atoms with Crippen molar-refractivity contribution in [1.29, 1.82) is 0 Å². The molecule has 1 aromatic carbocycles. The molecule has 1 aromatic heterocycles. The van der Waals surface area contributed by atoms with Crippen LogP contribution in [0, 0.1) is 5.92 Å². The number of aromatic amines is 1. The van der Waals surface area contributed by atoms with E-state index >= 15 is 0 Å². The summed E-state index contributed by atoms with van der Waals surface area (Å²) in [5.41, 5.74) is 6.71. The highest BCUT2D eigenvalue weighted by Crippen LogP contribution is 2.39. The Hall–Kier alpha value is -1.93. The van der Waals surface area contributed by atoms with E-state index in [4.69, 9.17) is 0 Å². The van der Waals surface area contributed by atoms with E-state index in [-0.39, 0.29) is 5.16 Å². The number of unbranched alkanes of at least 4 members (excludes halogenated alkanes) is 1. The van der Waals surface area contributed by atoms with E-state index in [9.17, 15) is 8.42 Å². The van der Waals surface area contributed by atoms with Crippen LogP contribution in [0.15, 0.2) is 11.2 Å². The summed E-state index contributed by atoms with van der Waals surface area (Å²) in [6, 6.07) is 2.38. The highest BCUT2D eigenvalue weighted by molar-refractivity contribution is 7.89. The van der Waals surface area contributed by atoms with E-state index in [1.165, 1.54) is 35.1 Å². The van der Waals surface area contributed by atoms with Crippen LogP contribution in [-0.4, -0.2) is 41.0 Å². The molecule has 0 saturated carbocycles. The zero-order valence-corrected chi connectivity index (χ0v) is 18.5. The second-order valence-corrected chi connectivity index (χ2v) is 10.8. The van der Waals surface area contributed by atoms with Crippen molar-refractivity contribution < 1.29 is 8.42 Å². The SMILES string of the molecule is CCCC[C@H]1CCN(S(=O)(=O)c2nc(Nc3c4c(cc5c3CCC5)CCC4)n[nH]2)C1. The number of aryl methyl sites for hydroxylation is 2. The first-order valence-corrected chi connectivity index (χ1v) is 12.9. The van der Waals surface area contributed by atoms with Gasteiger partial charge in [0.15, 0.2) is 0 Å². The Morgan fingerprint density at radius 3 is 2.60 bits per heavy atom. The summed E-state index contributed by atoms with van der Waals surface area (Å²) in [5, 5.41) is 10.2. The molecule has 30 heavy (non-hydrogen) atoms. The first kappa shape index (κ1) is 20.0. The number of anilines is 2. The summed E-state index contributed by atoms with van der Waals surface area (Å²) in [6.45, 7) is 3.33. The molecule has 2 N–H and O–H groups in total. The minimum atomic E-state index is -3.63. The molecule has 1 saturated heterocycles. The van der Waals surface area contributed by atoms with Gasteiger partial charge in [0, 0.05) is 18.8 Å². The van der Waals surface area contributed by atoms with Crippen LogP contribution in [0.2, 0.25) is 0 Å². The van der Waals surface area contributed by atoms with Gasteiger partial charge in [0.1, 0.15) is 0 Å². The molecule has 0 amide bonds. The summed E-state index contributed by atoms with van der Waals surface area (Å²) < 4.78 is 27.7. The molecule has 5 rings (SSSR count). The van der Waals surface area contributed by atoms with Crippen molar-refractivity contribution in [3.63, 3.8) is 0 Å². The molecule has 162 valence electrons. The van der Waals surface area contributed by atoms with Crippen molar-refractivity contribution in [2.75, 3.05) is 18.4 Å². The molecule has 8 heteroatoms. The van der Waals surface area contributed by atoms with Crippen LogP contribution < -0.4 is 5.32 Å². The summed E-state index contributed by atoms with van der Waals surface area (Å²) in [5.74, 6) is 0.805. The summed E-state index contributed by atoms with van der Waals surface area (Å²) >= 11 is 0. The third-order valence-corrected chi connectivity index (χ3v) is 8.66. The lowest BCUT2D eigenvalue weighted by Crippen LogP contribution is -2.29. The molecule has 0 radical (unpaired) electrons. The van der Waals surface area contributed by atoms with Gasteiger partial charge in [0.25, 0.3) is 15.2 Å². The summed E-state index contributed by atoms with van der Waals surface area (Å²) in [6.07, 6.45) is 11.0. The fourth-order valence-corrected chi connectivity index (χ4v) is 6.72. The van der Waals surface area contributed by atoms with Gasteiger partial charge >= 0.3 is 0 Å². The topological polar surface area (TPSA) is 91.0 Å². The average molecular weight is 430 g/mol. The maximum atomic E-state index is 13.1. The number of rotatable bonds is 7. The number of nitrogens with one attached hydrogen (secondary N) is 2. The van der Waals surface area contributed by atoms with Gasteiger partial charge in [-0.25, -0.2) is 13.5 Å². The minimum Gasteiger partial charge on any atom is -0.322 e. The van der Waals surface area contributed by atoms with Gasteiger partial charge < -0.3 is 5.32 Å². The van der Waals surface area contributed by atoms with Gasteiger partial charge in [-0.1, -0.05) is 25.8 Å². The lowest BCUT2D eigenvalue weighted by atomic mass is 9.99. The Kier molecular flexibility index (Phi) is 5.31. The van der Waals surface area contributed by atoms with Crippen LogP contribution in [0.4, 0.5) is 11.6 Å². The van der Waals surface area contributed by atoms with Gasteiger partial charge in [-0.05, 0) is 79.5 Å². The van der Waals surface area contributed by atoms with Crippen molar-refractivity contribution in [1.82, 2.24) is 19.5 Å². The maximum Gasteiger partial charge on any atom is 0.278 e. The number of H-pyrrole nitrogens is 1. The largest absolute Gasteiger partial charge is 0.322 e. The number of benzene rings is 1. The van der Waals surface area contributed by atoms with Crippen molar-refractivity contribution in [3.8, 4) is 0 Å². The smallest absolute Gasteiger partial charge is 0.278 e. The van der Waals surface area contributed by atoms with Crippen molar-refractivity contribution >= 4 is 21.7 Å². The second-order valence-electron chi connectivity index (χ2n) is 8.98. The van der Waals surface area contributed by atoms with Crippen LogP contribution >= 0.6 is 0 Å². The standard InChI is InChI=1S/C22H31N5O2S/c1-2-3-6-15-11-12-27(14-15)30(28,29)22-24-21(25-26-22)23-20-18-9-4-7-16(18)13-17-8-5-10-19(17)20/h13,15H,2-12,14H2,1H3,(H2,23,24,25,26)/t15-/m0/s1. The van der Waals surface area contributed by atoms with Crippen molar-refractivity contribution in [2.45, 2.75) is 76.3 Å². The van der Waals surface area contributed by atoms with Gasteiger partial charge in [-0.15, -0.1) is 5.10 Å². The Balaban J connectivity index is 1.36. The summed E-state index contributed by atoms with van der Waals surface area (Å²) in [7, 11) is -3.63. The lowest BCUT2D eigenvalue weighted by Gasteiger charge is -2.15. The molecule has 0 spiro atoms.